The number of esters is 1. The molecule has 174 valence electrons. The van der Waals surface area contributed by atoms with Gasteiger partial charge in [-0.1, -0.05) is 73.6 Å². The van der Waals surface area contributed by atoms with Gasteiger partial charge in [-0.3, -0.25) is 0 Å². The maximum Gasteiger partial charge on any atom is 0.331 e. The average molecular weight is 435 g/mol. The molecule has 0 bridgehead atoms. The minimum atomic E-state index is -0.280. The van der Waals surface area contributed by atoms with Crippen molar-refractivity contribution in [2.75, 3.05) is 6.61 Å². The van der Waals surface area contributed by atoms with Crippen molar-refractivity contribution in [1.82, 2.24) is 0 Å². The van der Waals surface area contributed by atoms with Gasteiger partial charge in [0.2, 0.25) is 0 Å². The highest BCUT2D eigenvalue weighted by Gasteiger charge is 2.26. The number of hydrogen-bond donors (Lipinski definition) is 0. The van der Waals surface area contributed by atoms with Crippen LogP contribution in [0.3, 0.4) is 0 Å². The summed E-state index contributed by atoms with van der Waals surface area (Å²) in [5.41, 5.74) is 7.78. The van der Waals surface area contributed by atoms with Gasteiger partial charge in [-0.2, -0.15) is 0 Å². The smallest absolute Gasteiger partial charge is 0.331 e. The lowest BCUT2D eigenvalue weighted by Gasteiger charge is -2.32. The van der Waals surface area contributed by atoms with Crippen molar-refractivity contribution in [1.29, 1.82) is 0 Å². The monoisotopic (exact) mass is 434 g/mol. The predicted molar refractivity (Wildman–Crippen MR) is 137 cm³/mol. The Hall–Kier alpha value is -2.35. The van der Waals surface area contributed by atoms with Crippen molar-refractivity contribution in [3.05, 3.63) is 82.5 Å². The molecule has 0 saturated heterocycles. The summed E-state index contributed by atoms with van der Waals surface area (Å²) in [6, 6.07) is 0. The Morgan fingerprint density at radius 2 is 1.94 bits per heavy atom. The van der Waals surface area contributed by atoms with E-state index in [1.54, 1.807) is 6.08 Å². The number of rotatable bonds is 8. The molecule has 0 aromatic rings. The van der Waals surface area contributed by atoms with E-state index in [1.807, 2.05) is 19.1 Å². The topological polar surface area (TPSA) is 26.3 Å². The highest BCUT2D eigenvalue weighted by Crippen LogP contribution is 2.40. The summed E-state index contributed by atoms with van der Waals surface area (Å²) in [4.78, 5) is 12.1. The minimum absolute atomic E-state index is 0.259. The second-order valence-electron chi connectivity index (χ2n) is 10.2. The Balaban J connectivity index is 1.85. The van der Waals surface area contributed by atoms with Gasteiger partial charge >= 0.3 is 5.97 Å². The largest absolute Gasteiger partial charge is 0.458 e. The number of allylic oxidation sites excluding steroid dienone is 11. The van der Waals surface area contributed by atoms with Crippen LogP contribution < -0.4 is 0 Å². The van der Waals surface area contributed by atoms with E-state index < -0.39 is 0 Å². The molecule has 0 aliphatic heterocycles. The lowest BCUT2D eigenvalue weighted by atomic mass is 9.72. The predicted octanol–water partition coefficient (Wildman–Crippen LogP) is 8.36. The first-order valence-electron chi connectivity index (χ1n) is 12.0. The molecule has 2 aliphatic carbocycles. The van der Waals surface area contributed by atoms with Crippen LogP contribution in [0.4, 0.5) is 0 Å². The summed E-state index contributed by atoms with van der Waals surface area (Å²) in [5, 5.41) is 0. The summed E-state index contributed by atoms with van der Waals surface area (Å²) in [5.74, 6) is 0.292. The lowest BCUT2D eigenvalue weighted by Crippen LogP contribution is -2.19. The third kappa shape index (κ3) is 8.30. The molecule has 0 amide bonds. The Morgan fingerprint density at radius 1 is 1.19 bits per heavy atom. The van der Waals surface area contributed by atoms with Crippen LogP contribution >= 0.6 is 0 Å². The maximum absolute atomic E-state index is 12.1. The molecule has 0 radical (unpaired) electrons. The SMILES string of the molecule is C=C(C)C1CC=C(COC(=O)/C=C(C)/C=C/C=C(C)/C=C/C2=C(C)CCCC2(C)C)CC1. The Kier molecular flexibility index (Phi) is 9.75. The fourth-order valence-electron chi connectivity index (χ4n) is 4.54. The molecular weight excluding hydrogens is 392 g/mol. The normalized spacial score (nSPS) is 22.4. The molecule has 0 aromatic carbocycles. The van der Waals surface area contributed by atoms with Crippen LogP contribution in [0, 0.1) is 11.3 Å². The summed E-state index contributed by atoms with van der Waals surface area (Å²) < 4.78 is 5.44. The van der Waals surface area contributed by atoms with Crippen molar-refractivity contribution >= 4 is 5.97 Å². The van der Waals surface area contributed by atoms with Crippen LogP contribution in [0.2, 0.25) is 0 Å². The standard InChI is InChI=1S/C30H42O2/c1-22(2)27-16-14-26(15-17-27)21-32-29(31)20-24(4)11-8-10-23(3)13-18-28-25(5)12-9-19-30(28,6)7/h8,10-11,13-14,18,20,27H,1,9,12,15-17,19,21H2,2-7H3/b11-8+,18-13+,23-10+,24-20+. The van der Waals surface area contributed by atoms with Crippen LogP contribution in [0.1, 0.15) is 80.1 Å². The molecule has 1 unspecified atom stereocenters. The van der Waals surface area contributed by atoms with Gasteiger partial charge in [0.1, 0.15) is 6.61 Å². The minimum Gasteiger partial charge on any atom is -0.458 e. The Morgan fingerprint density at radius 3 is 2.56 bits per heavy atom. The molecule has 2 nitrogen and oxygen atoms in total. The lowest BCUT2D eigenvalue weighted by molar-refractivity contribution is -0.136. The third-order valence-electron chi connectivity index (χ3n) is 6.72. The van der Waals surface area contributed by atoms with Gasteiger partial charge in [0.15, 0.2) is 0 Å². The van der Waals surface area contributed by atoms with E-state index in [-0.39, 0.29) is 11.4 Å². The fourth-order valence-corrected chi connectivity index (χ4v) is 4.54. The number of ether oxygens (including phenoxy) is 1. The van der Waals surface area contributed by atoms with Crippen molar-refractivity contribution in [3.63, 3.8) is 0 Å². The van der Waals surface area contributed by atoms with E-state index in [1.165, 1.54) is 47.1 Å². The van der Waals surface area contributed by atoms with Crippen molar-refractivity contribution in [3.8, 4) is 0 Å². The zero-order valence-electron chi connectivity index (χ0n) is 21.1. The van der Waals surface area contributed by atoms with Crippen LogP contribution in [-0.4, -0.2) is 12.6 Å². The van der Waals surface area contributed by atoms with Gasteiger partial charge in [-0.25, -0.2) is 4.79 Å². The quantitative estimate of drug-likeness (QED) is 0.166. The molecule has 0 N–H and O–H groups in total. The highest BCUT2D eigenvalue weighted by molar-refractivity contribution is 5.83. The van der Waals surface area contributed by atoms with Crippen LogP contribution in [0.15, 0.2) is 82.5 Å². The van der Waals surface area contributed by atoms with Gasteiger partial charge in [0.25, 0.3) is 0 Å². The molecular formula is C30H42O2. The maximum atomic E-state index is 12.1. The summed E-state index contributed by atoms with van der Waals surface area (Å²) >= 11 is 0. The number of hydrogen-bond acceptors (Lipinski definition) is 2. The van der Waals surface area contributed by atoms with Gasteiger partial charge in [0.05, 0.1) is 0 Å². The number of carbonyl (C=O) groups is 1. The molecule has 0 fully saturated rings. The molecule has 1 atom stereocenters. The van der Waals surface area contributed by atoms with E-state index in [0.717, 1.165) is 24.8 Å². The Labute approximate surface area is 196 Å². The number of carbonyl (C=O) groups excluding carboxylic acids is 1. The molecule has 0 aromatic heterocycles. The van der Waals surface area contributed by atoms with Crippen molar-refractivity contribution < 1.29 is 9.53 Å². The molecule has 2 rings (SSSR count). The van der Waals surface area contributed by atoms with E-state index in [0.29, 0.717) is 12.5 Å². The first-order chi connectivity index (χ1) is 15.1. The second kappa shape index (κ2) is 12.0. The molecule has 0 saturated carbocycles. The second-order valence-corrected chi connectivity index (χ2v) is 10.2. The van der Waals surface area contributed by atoms with Crippen LogP contribution in [-0.2, 0) is 9.53 Å². The van der Waals surface area contributed by atoms with Crippen molar-refractivity contribution in [2.24, 2.45) is 11.3 Å². The molecule has 2 aliphatic rings. The Bertz CT molecular complexity index is 884. The molecule has 32 heavy (non-hydrogen) atoms. The van der Waals surface area contributed by atoms with Crippen molar-refractivity contribution in [2.45, 2.75) is 80.1 Å². The summed E-state index contributed by atoms with van der Waals surface area (Å²) in [6.45, 7) is 17.5. The fraction of sp³-hybridized carbons (Fsp3) is 0.500. The first kappa shape index (κ1) is 25.9. The molecule has 0 heterocycles. The zero-order valence-corrected chi connectivity index (χ0v) is 21.1. The average Bonchev–Trinajstić information content (AvgIpc) is 2.71. The summed E-state index contributed by atoms with van der Waals surface area (Å²) in [7, 11) is 0. The third-order valence-corrected chi connectivity index (χ3v) is 6.72. The van der Waals surface area contributed by atoms with E-state index in [4.69, 9.17) is 4.74 Å². The summed E-state index contributed by atoms with van der Waals surface area (Å²) in [6.07, 6.45) is 21.1. The van der Waals surface area contributed by atoms with E-state index in [9.17, 15) is 4.79 Å². The molecule has 0 spiro atoms. The highest BCUT2D eigenvalue weighted by atomic mass is 16.5. The van der Waals surface area contributed by atoms with Gasteiger partial charge in [0, 0.05) is 6.08 Å². The van der Waals surface area contributed by atoms with E-state index >= 15 is 0 Å². The van der Waals surface area contributed by atoms with Crippen LogP contribution in [0.5, 0.6) is 0 Å². The van der Waals surface area contributed by atoms with Gasteiger partial charge in [-0.15, -0.1) is 0 Å². The van der Waals surface area contributed by atoms with Crippen LogP contribution in [0.25, 0.3) is 0 Å². The zero-order chi connectivity index (χ0) is 23.7. The molecule has 2 heteroatoms. The first-order valence-corrected chi connectivity index (χ1v) is 12.0. The van der Waals surface area contributed by atoms with Gasteiger partial charge in [-0.05, 0) is 94.3 Å². The van der Waals surface area contributed by atoms with E-state index in [2.05, 4.69) is 65.5 Å². The van der Waals surface area contributed by atoms with Gasteiger partial charge < -0.3 is 4.74 Å².